The van der Waals surface area contributed by atoms with E-state index in [1.165, 1.54) is 18.2 Å². The maximum Gasteiger partial charge on any atom is 0.329 e. The van der Waals surface area contributed by atoms with Gasteiger partial charge in [0.2, 0.25) is 0 Å². The number of allylic oxidation sites excluding steroid dienone is 1. The highest BCUT2D eigenvalue weighted by atomic mass is 16.6. The Bertz CT molecular complexity index is 514. The van der Waals surface area contributed by atoms with E-state index in [2.05, 4.69) is 0 Å². The lowest BCUT2D eigenvalue weighted by atomic mass is 10.1. The summed E-state index contributed by atoms with van der Waals surface area (Å²) in [6.45, 7) is 0. The van der Waals surface area contributed by atoms with Gasteiger partial charge in [-0.1, -0.05) is 12.1 Å². The monoisotopic (exact) mass is 218 g/mol. The summed E-state index contributed by atoms with van der Waals surface area (Å²) in [5.74, 6) is -1.27. The molecule has 1 aromatic carbocycles. The van der Waals surface area contributed by atoms with E-state index in [9.17, 15) is 14.9 Å². The fourth-order valence-corrected chi connectivity index (χ4v) is 1.09. The topological polar surface area (TPSA) is 104 Å². The summed E-state index contributed by atoms with van der Waals surface area (Å²) in [6, 6.07) is 6.91. The van der Waals surface area contributed by atoms with Crippen LogP contribution < -0.4 is 0 Å². The molecule has 0 radical (unpaired) electrons. The molecule has 0 saturated carbocycles. The van der Waals surface area contributed by atoms with Gasteiger partial charge in [0.25, 0.3) is 5.69 Å². The van der Waals surface area contributed by atoms with Gasteiger partial charge in [-0.15, -0.1) is 0 Å². The molecule has 0 unspecified atom stereocenters. The van der Waals surface area contributed by atoms with Crippen LogP contribution in [0.1, 0.15) is 5.56 Å². The maximum atomic E-state index is 10.5. The number of benzene rings is 1. The van der Waals surface area contributed by atoms with Crippen LogP contribution in [-0.4, -0.2) is 16.0 Å². The molecule has 6 heteroatoms. The van der Waals surface area contributed by atoms with E-state index in [0.717, 1.165) is 6.07 Å². The van der Waals surface area contributed by atoms with Crippen LogP contribution in [0, 0.1) is 21.4 Å². The average Bonchev–Trinajstić information content (AvgIpc) is 2.25. The lowest BCUT2D eigenvalue weighted by Gasteiger charge is -1.97. The van der Waals surface area contributed by atoms with Crippen LogP contribution in [0.2, 0.25) is 0 Å². The molecule has 1 N–H and O–H groups in total. The molecule has 80 valence electrons. The summed E-state index contributed by atoms with van der Waals surface area (Å²) in [6.07, 6.45) is 0.707. The summed E-state index contributed by atoms with van der Waals surface area (Å²) in [7, 11) is 0. The number of carboxylic acids is 1. The third-order valence-corrected chi connectivity index (χ3v) is 1.76. The summed E-state index contributed by atoms with van der Waals surface area (Å²) in [5.41, 5.74) is -0.112. The highest BCUT2D eigenvalue weighted by molar-refractivity contribution is 5.94. The first-order valence-electron chi connectivity index (χ1n) is 4.14. The molecular formula is C10H6N2O4. The number of carboxylic acid groups (broad SMARTS) is 1. The quantitative estimate of drug-likeness (QED) is 0.359. The van der Waals surface area contributed by atoms with Crippen molar-refractivity contribution in [3.8, 4) is 6.07 Å². The van der Waals surface area contributed by atoms with Gasteiger partial charge in [0.05, 0.1) is 10.5 Å². The molecule has 0 spiro atoms. The molecule has 1 aromatic rings. The predicted molar refractivity (Wildman–Crippen MR) is 54.3 cm³/mol. The molecule has 0 aliphatic heterocycles. The number of nitro benzene ring substituents is 1. The highest BCUT2D eigenvalue weighted by Crippen LogP contribution is 2.19. The minimum atomic E-state index is -1.27. The highest BCUT2D eigenvalue weighted by Gasteiger charge is 2.09. The second-order valence-corrected chi connectivity index (χ2v) is 2.82. The Hall–Kier alpha value is -2.68. The van der Waals surface area contributed by atoms with Crippen molar-refractivity contribution in [3.63, 3.8) is 0 Å². The van der Waals surface area contributed by atoms with Crippen LogP contribution in [0.25, 0.3) is 5.57 Å². The zero-order valence-corrected chi connectivity index (χ0v) is 7.95. The second-order valence-electron chi connectivity index (χ2n) is 2.82. The first-order chi connectivity index (χ1) is 7.54. The third kappa shape index (κ3) is 2.65. The molecule has 0 amide bonds. The number of hydrogen-bond donors (Lipinski definition) is 1. The largest absolute Gasteiger partial charge is 0.478 e. The zero-order chi connectivity index (χ0) is 12.1. The Labute approximate surface area is 90.2 Å². The van der Waals surface area contributed by atoms with Crippen molar-refractivity contribution in [1.29, 1.82) is 5.26 Å². The number of hydrogen-bond acceptors (Lipinski definition) is 4. The van der Waals surface area contributed by atoms with Crippen molar-refractivity contribution in [1.82, 2.24) is 0 Å². The molecule has 6 nitrogen and oxygen atoms in total. The van der Waals surface area contributed by atoms with Crippen LogP contribution in [0.15, 0.2) is 30.3 Å². The first-order valence-corrected chi connectivity index (χ1v) is 4.14. The van der Waals surface area contributed by atoms with Gasteiger partial charge in [-0.2, -0.15) is 5.26 Å². The number of nitro groups is 1. The van der Waals surface area contributed by atoms with Crippen molar-refractivity contribution in [2.75, 3.05) is 0 Å². The van der Waals surface area contributed by atoms with Gasteiger partial charge in [-0.05, 0) is 5.56 Å². The number of nitriles is 1. The van der Waals surface area contributed by atoms with Gasteiger partial charge in [0.15, 0.2) is 0 Å². The SMILES string of the molecule is N#C/C(=C/C(=O)O)c1cccc([N+](=O)[O-])c1. The van der Waals surface area contributed by atoms with Crippen LogP contribution in [0.5, 0.6) is 0 Å². The van der Waals surface area contributed by atoms with Gasteiger partial charge >= 0.3 is 5.97 Å². The number of rotatable bonds is 3. The normalized spacial score (nSPS) is 10.6. The molecule has 0 heterocycles. The molecule has 16 heavy (non-hydrogen) atoms. The number of nitrogens with zero attached hydrogens (tertiary/aromatic N) is 2. The Kier molecular flexibility index (Phi) is 3.35. The molecule has 0 fully saturated rings. The van der Waals surface area contributed by atoms with Crippen molar-refractivity contribution in [2.45, 2.75) is 0 Å². The van der Waals surface area contributed by atoms with E-state index in [4.69, 9.17) is 10.4 Å². The smallest absolute Gasteiger partial charge is 0.329 e. The average molecular weight is 218 g/mol. The number of aliphatic carboxylic acids is 1. The molecule has 0 atom stereocenters. The van der Waals surface area contributed by atoms with E-state index >= 15 is 0 Å². The Morgan fingerprint density at radius 1 is 1.56 bits per heavy atom. The molecule has 0 saturated heterocycles. The van der Waals surface area contributed by atoms with Crippen molar-refractivity contribution in [3.05, 3.63) is 46.0 Å². The number of non-ortho nitro benzene ring substituents is 1. The van der Waals surface area contributed by atoms with Crippen molar-refractivity contribution in [2.24, 2.45) is 0 Å². The van der Waals surface area contributed by atoms with E-state index < -0.39 is 10.9 Å². The van der Waals surface area contributed by atoms with Gasteiger partial charge in [0.1, 0.15) is 6.07 Å². The van der Waals surface area contributed by atoms with Gasteiger partial charge in [0, 0.05) is 18.2 Å². The lowest BCUT2D eigenvalue weighted by molar-refractivity contribution is -0.384. The van der Waals surface area contributed by atoms with Gasteiger partial charge in [-0.3, -0.25) is 10.1 Å². The van der Waals surface area contributed by atoms with E-state index in [1.54, 1.807) is 6.07 Å². The fourth-order valence-electron chi connectivity index (χ4n) is 1.09. The minimum absolute atomic E-state index is 0.129. The minimum Gasteiger partial charge on any atom is -0.478 e. The van der Waals surface area contributed by atoms with Crippen LogP contribution in [-0.2, 0) is 4.79 Å². The van der Waals surface area contributed by atoms with Gasteiger partial charge in [-0.25, -0.2) is 4.79 Å². The van der Waals surface area contributed by atoms with E-state index in [0.29, 0.717) is 6.08 Å². The predicted octanol–water partition coefficient (Wildman–Crippen LogP) is 1.59. The van der Waals surface area contributed by atoms with Crippen LogP contribution in [0.3, 0.4) is 0 Å². The summed E-state index contributed by atoms with van der Waals surface area (Å²) in [4.78, 5) is 20.3. The molecule has 0 aliphatic rings. The van der Waals surface area contributed by atoms with E-state index in [1.807, 2.05) is 0 Å². The standard InChI is InChI=1S/C10H6N2O4/c11-6-8(5-10(13)14)7-2-1-3-9(4-7)12(15)16/h1-5H,(H,13,14)/b8-5-. The van der Waals surface area contributed by atoms with Crippen molar-refractivity contribution >= 4 is 17.2 Å². The van der Waals surface area contributed by atoms with Crippen LogP contribution >= 0.6 is 0 Å². The third-order valence-electron chi connectivity index (χ3n) is 1.76. The maximum absolute atomic E-state index is 10.5. The molecular weight excluding hydrogens is 212 g/mol. The first kappa shape index (κ1) is 11.4. The summed E-state index contributed by atoms with van der Waals surface area (Å²) in [5, 5.41) is 27.7. The van der Waals surface area contributed by atoms with Crippen LogP contribution in [0.4, 0.5) is 5.69 Å². The molecule has 0 bridgehead atoms. The van der Waals surface area contributed by atoms with Crippen molar-refractivity contribution < 1.29 is 14.8 Å². The van der Waals surface area contributed by atoms with Gasteiger partial charge < -0.3 is 5.11 Å². The zero-order valence-electron chi connectivity index (χ0n) is 7.95. The fraction of sp³-hybridized carbons (Fsp3) is 0. The summed E-state index contributed by atoms with van der Waals surface area (Å²) >= 11 is 0. The molecule has 0 aliphatic carbocycles. The van der Waals surface area contributed by atoms with E-state index in [-0.39, 0.29) is 16.8 Å². The molecule has 1 rings (SSSR count). The Balaban J connectivity index is 3.23. The Morgan fingerprint density at radius 2 is 2.25 bits per heavy atom. The second kappa shape index (κ2) is 4.70. The number of carbonyl (C=O) groups is 1. The Morgan fingerprint density at radius 3 is 2.75 bits per heavy atom. The molecule has 0 aromatic heterocycles. The lowest BCUT2D eigenvalue weighted by Crippen LogP contribution is -1.93. The summed E-state index contributed by atoms with van der Waals surface area (Å²) < 4.78 is 0.